The van der Waals surface area contributed by atoms with Crippen LogP contribution in [-0.2, 0) is 39.7 Å². The molecule has 1 heterocycles. The number of hydrogen-bond acceptors (Lipinski definition) is 10. The molecule has 0 unspecified atom stereocenters. The Hall–Kier alpha value is -5.33. The van der Waals surface area contributed by atoms with Gasteiger partial charge in [-0.2, -0.15) is 16.8 Å². The molecule has 14 nitrogen and oxygen atoms in total. The number of hydrogen-bond donors (Lipinski definition) is 6. The van der Waals surface area contributed by atoms with Gasteiger partial charge in [0.25, 0.3) is 20.2 Å². The summed E-state index contributed by atoms with van der Waals surface area (Å²) in [6.45, 7) is 0. The van der Waals surface area contributed by atoms with Crippen LogP contribution in [0.25, 0.3) is 23.3 Å². The molecule has 242 valence electrons. The van der Waals surface area contributed by atoms with Crippen LogP contribution in [0.2, 0.25) is 0 Å². The fourth-order valence-corrected chi connectivity index (χ4v) is 7.68. The first kappa shape index (κ1) is 33.0. The number of carbonyl (C=O) groups excluding carboxylic acids is 2. The topological polar surface area (TPSA) is 242 Å². The van der Waals surface area contributed by atoms with Crippen LogP contribution in [0.5, 0.6) is 11.5 Å². The van der Waals surface area contributed by atoms with Crippen LogP contribution in [0.3, 0.4) is 0 Å². The predicted octanol–water partition coefficient (Wildman–Crippen LogP) is 3.71. The molecule has 1 aliphatic rings. The largest absolute Gasteiger partial charge is 0.508 e. The molecule has 17 heteroatoms. The second-order valence-electron chi connectivity index (χ2n) is 9.98. The molecule has 0 saturated carbocycles. The average Bonchev–Trinajstić information content (AvgIpc) is 3.18. The van der Waals surface area contributed by atoms with E-state index in [2.05, 4.69) is 10.6 Å². The highest BCUT2D eigenvalue weighted by atomic mass is 32.2. The lowest BCUT2D eigenvalue weighted by Crippen LogP contribution is -2.13. The Labute approximate surface area is 267 Å². The number of anilines is 2. The third-order valence-electron chi connectivity index (χ3n) is 6.70. The highest BCUT2D eigenvalue weighted by Gasteiger charge is 2.38. The molecule has 4 aromatic carbocycles. The number of phenolic OH excluding ortho intramolecular Hbond substituents is 2. The van der Waals surface area contributed by atoms with Crippen LogP contribution in [0, 0.1) is 0 Å². The lowest BCUT2D eigenvalue weighted by Gasteiger charge is -2.12. The highest BCUT2D eigenvalue weighted by molar-refractivity contribution is 7.92. The molecule has 0 bridgehead atoms. The summed E-state index contributed by atoms with van der Waals surface area (Å²) < 4.78 is 96.4. The van der Waals surface area contributed by atoms with Gasteiger partial charge in [0.05, 0.1) is 21.2 Å². The molecule has 0 radical (unpaired) electrons. The van der Waals surface area contributed by atoms with E-state index in [4.69, 9.17) is 0 Å². The number of nitrogens with one attached hydrogen (secondary N) is 2. The van der Waals surface area contributed by atoms with Gasteiger partial charge in [-0.05, 0) is 71.8 Å². The van der Waals surface area contributed by atoms with Gasteiger partial charge in [0, 0.05) is 23.3 Å². The fraction of sp³-hybridized carbons (Fsp3) is 0. The molecule has 1 aliphatic heterocycles. The molecule has 4 aromatic rings. The van der Waals surface area contributed by atoms with Gasteiger partial charge >= 0.3 is 0 Å². The SMILES string of the molecule is O=C(C=Cc1cccc(O)c1)Nc1cc2c(cc1S(=O)(=O)O)-c1cc(S(=O)(=O)O)c(NC(=O)C=Cc3cccc(O)c3)cc1S2(=O)=O. The molecular weight excluding hydrogens is 677 g/mol. The Bertz CT molecular complexity index is 2220. The van der Waals surface area contributed by atoms with Gasteiger partial charge in [-0.15, -0.1) is 0 Å². The summed E-state index contributed by atoms with van der Waals surface area (Å²) in [5.41, 5.74) is -1.23. The molecular formula is C30H22N2O12S3. The van der Waals surface area contributed by atoms with Crippen molar-refractivity contribution in [1.29, 1.82) is 0 Å². The van der Waals surface area contributed by atoms with Crippen LogP contribution >= 0.6 is 0 Å². The van der Waals surface area contributed by atoms with Gasteiger partial charge in [0.15, 0.2) is 0 Å². The van der Waals surface area contributed by atoms with Crippen molar-refractivity contribution in [2.24, 2.45) is 0 Å². The minimum absolute atomic E-state index is 0.0886. The average molecular weight is 699 g/mol. The molecule has 2 amide bonds. The van der Waals surface area contributed by atoms with E-state index in [-0.39, 0.29) is 22.6 Å². The third-order valence-corrected chi connectivity index (χ3v) is 10.3. The normalized spacial score (nSPS) is 13.7. The fourth-order valence-electron chi connectivity index (χ4n) is 4.68. The van der Waals surface area contributed by atoms with E-state index in [0.717, 1.165) is 24.3 Å². The smallest absolute Gasteiger partial charge is 0.296 e. The predicted molar refractivity (Wildman–Crippen MR) is 168 cm³/mol. The van der Waals surface area contributed by atoms with Crippen LogP contribution in [-0.4, -0.2) is 56.4 Å². The van der Waals surface area contributed by atoms with Crippen molar-refractivity contribution >= 4 is 65.4 Å². The maximum absolute atomic E-state index is 13.6. The summed E-state index contributed by atoms with van der Waals surface area (Å²) in [5, 5.41) is 23.6. The van der Waals surface area contributed by atoms with Crippen molar-refractivity contribution < 1.29 is 54.2 Å². The Morgan fingerprint density at radius 2 is 1.00 bits per heavy atom. The molecule has 6 N–H and O–H groups in total. The molecule has 5 rings (SSSR count). The summed E-state index contributed by atoms with van der Waals surface area (Å²) in [6, 6.07) is 14.5. The zero-order chi connectivity index (χ0) is 34.3. The van der Waals surface area contributed by atoms with E-state index in [1.807, 2.05) is 0 Å². The van der Waals surface area contributed by atoms with Gasteiger partial charge in [0.2, 0.25) is 21.7 Å². The Kier molecular flexibility index (Phi) is 8.52. The Balaban J connectivity index is 1.56. The van der Waals surface area contributed by atoms with Crippen LogP contribution in [0.1, 0.15) is 11.1 Å². The van der Waals surface area contributed by atoms with E-state index < -0.39 is 72.8 Å². The van der Waals surface area contributed by atoms with Crippen molar-refractivity contribution in [3.63, 3.8) is 0 Å². The molecule has 0 aromatic heterocycles. The lowest BCUT2D eigenvalue weighted by molar-refractivity contribution is -0.112. The zero-order valence-corrected chi connectivity index (χ0v) is 26.0. The summed E-state index contributed by atoms with van der Waals surface area (Å²) >= 11 is 0. The number of rotatable bonds is 8. The molecule has 0 aliphatic carbocycles. The maximum Gasteiger partial charge on any atom is 0.296 e. The van der Waals surface area contributed by atoms with Crippen molar-refractivity contribution in [3.05, 3.63) is 96.1 Å². The molecule has 47 heavy (non-hydrogen) atoms. The highest BCUT2D eigenvalue weighted by Crippen LogP contribution is 2.48. The van der Waals surface area contributed by atoms with Gasteiger partial charge < -0.3 is 20.8 Å². The van der Waals surface area contributed by atoms with Gasteiger partial charge in [-0.1, -0.05) is 24.3 Å². The summed E-state index contributed by atoms with van der Waals surface area (Å²) in [6.07, 6.45) is 4.46. The monoisotopic (exact) mass is 698 g/mol. The van der Waals surface area contributed by atoms with Crippen molar-refractivity contribution in [2.45, 2.75) is 19.6 Å². The van der Waals surface area contributed by atoms with Gasteiger partial charge in [-0.25, -0.2) is 8.42 Å². The minimum atomic E-state index is -5.12. The molecule has 0 saturated heterocycles. The zero-order valence-electron chi connectivity index (χ0n) is 23.5. The van der Waals surface area contributed by atoms with E-state index in [0.29, 0.717) is 23.3 Å². The second kappa shape index (κ2) is 12.1. The van der Waals surface area contributed by atoms with E-state index >= 15 is 0 Å². The first-order chi connectivity index (χ1) is 21.9. The number of benzene rings is 4. The maximum atomic E-state index is 13.6. The van der Waals surface area contributed by atoms with Crippen molar-refractivity contribution in [3.8, 4) is 22.6 Å². The Morgan fingerprint density at radius 3 is 1.34 bits per heavy atom. The number of carbonyl (C=O) groups is 2. The molecule has 0 atom stereocenters. The van der Waals surface area contributed by atoms with Crippen molar-refractivity contribution in [2.75, 3.05) is 10.6 Å². The molecule has 0 fully saturated rings. The minimum Gasteiger partial charge on any atom is -0.508 e. The van der Waals surface area contributed by atoms with Gasteiger partial charge in [0.1, 0.15) is 21.3 Å². The number of aromatic hydroxyl groups is 2. The quantitative estimate of drug-likeness (QED) is 0.100. The van der Waals surface area contributed by atoms with Crippen LogP contribution in [0.4, 0.5) is 11.4 Å². The number of amides is 2. The lowest BCUT2D eigenvalue weighted by atomic mass is 10.0. The molecule has 0 spiro atoms. The van der Waals surface area contributed by atoms with Crippen LogP contribution < -0.4 is 10.6 Å². The Morgan fingerprint density at radius 1 is 0.617 bits per heavy atom. The summed E-state index contributed by atoms with van der Waals surface area (Å²) in [4.78, 5) is 22.3. The van der Waals surface area contributed by atoms with Crippen LogP contribution in [0.15, 0.2) is 105 Å². The first-order valence-corrected chi connectivity index (χ1v) is 17.4. The van der Waals surface area contributed by atoms with E-state index in [1.165, 1.54) is 48.6 Å². The third kappa shape index (κ3) is 7.08. The summed E-state index contributed by atoms with van der Waals surface area (Å²) in [5.74, 6) is -2.06. The number of fused-ring (bicyclic) bond motifs is 3. The van der Waals surface area contributed by atoms with E-state index in [1.54, 1.807) is 12.1 Å². The first-order valence-electron chi connectivity index (χ1n) is 13.1. The summed E-state index contributed by atoms with van der Waals surface area (Å²) in [7, 11) is -14.8. The van der Waals surface area contributed by atoms with Gasteiger partial charge in [-0.3, -0.25) is 18.7 Å². The second-order valence-corrected chi connectivity index (χ2v) is 14.6. The standard InChI is InChI=1S/C30H22N2O12S3/c33-19-5-1-3-17(11-19)7-9-29(35)31-23-15-25-21(13-27(23)46(39,40)41)22-14-28(47(42,43)44)24(16-26(22)45(25,37)38)32-30(36)10-8-18-4-2-6-20(34)12-18/h1-16,33-34H,(H,31,35)(H,32,36)(H,39,40,41)(H,42,43,44). The van der Waals surface area contributed by atoms with E-state index in [9.17, 15) is 54.2 Å². The van der Waals surface area contributed by atoms with Crippen molar-refractivity contribution in [1.82, 2.24) is 0 Å². The number of sulfone groups is 1. The number of phenols is 2.